The summed E-state index contributed by atoms with van der Waals surface area (Å²) in [5.74, 6) is -0.860. The van der Waals surface area contributed by atoms with Crippen molar-refractivity contribution in [3.8, 4) is 5.69 Å². The maximum Gasteiger partial charge on any atom is 0.231 e. The third-order valence-corrected chi connectivity index (χ3v) is 11.0. The zero-order valence-electron chi connectivity index (χ0n) is 28.1. The molecule has 0 spiro atoms. The number of tetrazole rings is 1. The smallest absolute Gasteiger partial charge is 0.231 e. The summed E-state index contributed by atoms with van der Waals surface area (Å²) >= 11 is 1.12. The van der Waals surface area contributed by atoms with Gasteiger partial charge in [0.2, 0.25) is 17.0 Å². The molecular formula is C38H51N5O3S. The molecule has 1 saturated heterocycles. The molecule has 0 saturated carbocycles. The molecule has 1 atom stereocenters. The van der Waals surface area contributed by atoms with Crippen LogP contribution >= 0.6 is 11.8 Å². The summed E-state index contributed by atoms with van der Waals surface area (Å²) in [6, 6.07) is 15.3. The second-order valence-corrected chi connectivity index (χ2v) is 14.5. The van der Waals surface area contributed by atoms with Crippen molar-refractivity contribution in [2.24, 2.45) is 0 Å². The highest BCUT2D eigenvalue weighted by atomic mass is 32.2. The zero-order valence-corrected chi connectivity index (χ0v) is 28.9. The number of amides is 2. The molecule has 47 heavy (non-hydrogen) atoms. The second kappa shape index (κ2) is 17.7. The monoisotopic (exact) mass is 657 g/mol. The van der Waals surface area contributed by atoms with E-state index in [2.05, 4.69) is 28.5 Å². The predicted octanol–water partition coefficient (Wildman–Crippen LogP) is 8.84. The van der Waals surface area contributed by atoms with E-state index in [4.69, 9.17) is 0 Å². The Hall–Kier alpha value is -3.33. The molecule has 0 radical (unpaired) electrons. The molecule has 1 aliphatic carbocycles. The molecule has 1 aliphatic heterocycles. The van der Waals surface area contributed by atoms with E-state index in [0.717, 1.165) is 47.8 Å². The largest absolute Gasteiger partial charge is 0.290 e. The molecule has 1 unspecified atom stereocenters. The normalized spacial score (nSPS) is 17.6. The molecule has 2 amide bonds. The van der Waals surface area contributed by atoms with Crippen LogP contribution in [0.4, 0.5) is 0 Å². The third-order valence-electron chi connectivity index (χ3n) is 9.70. The van der Waals surface area contributed by atoms with Crippen molar-refractivity contribution in [3.63, 3.8) is 0 Å². The van der Waals surface area contributed by atoms with E-state index in [0.29, 0.717) is 10.7 Å². The van der Waals surface area contributed by atoms with Gasteiger partial charge >= 0.3 is 0 Å². The first-order chi connectivity index (χ1) is 23.0. The summed E-state index contributed by atoms with van der Waals surface area (Å²) in [4.78, 5) is 40.4. The summed E-state index contributed by atoms with van der Waals surface area (Å²) in [7, 11) is 0. The van der Waals surface area contributed by atoms with E-state index >= 15 is 0 Å². The molecule has 0 bridgehead atoms. The van der Waals surface area contributed by atoms with Gasteiger partial charge in [-0.15, -0.1) is 5.10 Å². The number of thioether (sulfide) groups is 1. The molecule has 252 valence electrons. The summed E-state index contributed by atoms with van der Waals surface area (Å²) < 4.78 is 1.56. The standard InChI is InChI=1S/C38H51N5O3S/c1-2-3-4-5-6-7-8-9-10-11-12-13-14-15-16-18-22-30-23-21-26-32-33(30)29-38(36(32)46,42-34(44)27-28-35(42)45)47-37-39-40-41-43(37)31-24-19-17-20-25-31/h17,19-21,23-26H,2-16,18,22,27-29H2,1H3. The first-order valence-electron chi connectivity index (χ1n) is 18.1. The zero-order chi connectivity index (χ0) is 32.9. The number of unbranched alkanes of at least 4 members (excludes halogenated alkanes) is 15. The Morgan fingerprint density at radius 3 is 1.87 bits per heavy atom. The molecule has 3 aromatic rings. The van der Waals surface area contributed by atoms with Gasteiger partial charge in [0, 0.05) is 24.8 Å². The van der Waals surface area contributed by atoms with Crippen molar-refractivity contribution in [2.75, 3.05) is 0 Å². The fraction of sp³-hybridized carbons (Fsp3) is 0.579. The highest BCUT2D eigenvalue weighted by Crippen LogP contribution is 2.48. The van der Waals surface area contributed by atoms with Crippen molar-refractivity contribution in [2.45, 2.75) is 145 Å². The summed E-state index contributed by atoms with van der Waals surface area (Å²) in [5, 5.41) is 12.6. The lowest BCUT2D eigenvalue weighted by Crippen LogP contribution is -2.53. The number of hydrogen-bond donors (Lipinski definition) is 0. The molecule has 1 fully saturated rings. The van der Waals surface area contributed by atoms with Crippen molar-refractivity contribution in [3.05, 3.63) is 65.2 Å². The van der Waals surface area contributed by atoms with E-state index in [9.17, 15) is 14.4 Å². The van der Waals surface area contributed by atoms with E-state index in [1.165, 1.54) is 94.8 Å². The minimum Gasteiger partial charge on any atom is -0.290 e. The Labute approximate surface area is 284 Å². The predicted molar refractivity (Wildman–Crippen MR) is 187 cm³/mol. The Morgan fingerprint density at radius 2 is 1.28 bits per heavy atom. The number of ketones is 1. The van der Waals surface area contributed by atoms with Gasteiger partial charge in [-0.3, -0.25) is 19.3 Å². The van der Waals surface area contributed by atoms with Crippen LogP contribution in [0.2, 0.25) is 0 Å². The first kappa shape index (κ1) is 35.0. The number of rotatable bonds is 21. The van der Waals surface area contributed by atoms with Crippen LogP contribution in [0, 0.1) is 0 Å². The lowest BCUT2D eigenvalue weighted by molar-refractivity contribution is -0.141. The Balaban J connectivity index is 1.13. The van der Waals surface area contributed by atoms with Crippen LogP contribution in [-0.4, -0.2) is 47.6 Å². The number of imide groups is 1. The summed E-state index contributed by atoms with van der Waals surface area (Å²) in [5.41, 5.74) is 3.40. The molecule has 9 heteroatoms. The summed E-state index contributed by atoms with van der Waals surface area (Å²) in [6.45, 7) is 2.28. The van der Waals surface area contributed by atoms with Gasteiger partial charge in [0.1, 0.15) is 0 Å². The van der Waals surface area contributed by atoms with Gasteiger partial charge in [-0.1, -0.05) is 140 Å². The van der Waals surface area contributed by atoms with Crippen molar-refractivity contribution < 1.29 is 14.4 Å². The average molecular weight is 658 g/mol. The van der Waals surface area contributed by atoms with Gasteiger partial charge in [-0.25, -0.2) is 0 Å². The van der Waals surface area contributed by atoms with E-state index < -0.39 is 4.87 Å². The molecule has 2 aliphatic rings. The van der Waals surface area contributed by atoms with Crippen LogP contribution in [0.25, 0.3) is 5.69 Å². The topological polar surface area (TPSA) is 98.1 Å². The Bertz CT molecular complexity index is 1460. The lowest BCUT2D eigenvalue weighted by atomic mass is 9.97. The van der Waals surface area contributed by atoms with Crippen LogP contribution in [0.15, 0.2) is 53.7 Å². The Kier molecular flexibility index (Phi) is 13.2. The van der Waals surface area contributed by atoms with Gasteiger partial charge in [-0.05, 0) is 58.3 Å². The number of likely N-dealkylation sites (tertiary alicyclic amines) is 1. The number of para-hydroxylation sites is 1. The lowest BCUT2D eigenvalue weighted by Gasteiger charge is -2.34. The summed E-state index contributed by atoms with van der Waals surface area (Å²) in [6.07, 6.45) is 22.6. The fourth-order valence-corrected chi connectivity index (χ4v) is 8.42. The van der Waals surface area contributed by atoms with Gasteiger partial charge < -0.3 is 0 Å². The molecule has 2 heterocycles. The SMILES string of the molecule is CCCCCCCCCCCCCCCCCCc1cccc2c1CC(Sc1nnnn1-c1ccccc1)(N1C(=O)CCC1=O)C2=O. The molecule has 2 aromatic carbocycles. The number of Topliss-reactive ketones (excluding diaryl/α,β-unsaturated/α-hetero) is 1. The average Bonchev–Trinajstić information content (AvgIpc) is 3.77. The number of carbonyl (C=O) groups excluding carboxylic acids is 3. The third kappa shape index (κ3) is 8.78. The van der Waals surface area contributed by atoms with Crippen LogP contribution in [0.3, 0.4) is 0 Å². The number of nitrogens with zero attached hydrogens (tertiary/aromatic N) is 5. The maximum absolute atomic E-state index is 14.3. The second-order valence-electron chi connectivity index (χ2n) is 13.2. The van der Waals surface area contributed by atoms with E-state index in [1.54, 1.807) is 4.68 Å². The van der Waals surface area contributed by atoms with Crippen LogP contribution in [0.5, 0.6) is 0 Å². The number of aromatic nitrogens is 4. The number of fused-ring (bicyclic) bond motifs is 1. The quantitative estimate of drug-likeness (QED) is 0.0834. The van der Waals surface area contributed by atoms with E-state index in [1.807, 2.05) is 42.5 Å². The first-order valence-corrected chi connectivity index (χ1v) is 18.9. The van der Waals surface area contributed by atoms with Crippen molar-refractivity contribution >= 4 is 29.4 Å². The van der Waals surface area contributed by atoms with Gasteiger partial charge in [0.15, 0.2) is 10.7 Å². The molecular weight excluding hydrogens is 607 g/mol. The number of aryl methyl sites for hydroxylation is 1. The molecule has 1 aromatic heterocycles. The number of hydrogen-bond acceptors (Lipinski definition) is 7. The van der Waals surface area contributed by atoms with Gasteiger partial charge in [0.05, 0.1) is 5.69 Å². The molecule has 8 nitrogen and oxygen atoms in total. The number of carbonyl (C=O) groups is 3. The minimum atomic E-state index is -1.45. The van der Waals surface area contributed by atoms with Gasteiger partial charge in [-0.2, -0.15) is 4.68 Å². The maximum atomic E-state index is 14.3. The number of benzene rings is 2. The Morgan fingerprint density at radius 1 is 0.702 bits per heavy atom. The van der Waals surface area contributed by atoms with E-state index in [-0.39, 0.29) is 36.9 Å². The highest BCUT2D eigenvalue weighted by molar-refractivity contribution is 8.01. The van der Waals surface area contributed by atoms with Crippen LogP contribution in [0.1, 0.15) is 144 Å². The highest BCUT2D eigenvalue weighted by Gasteiger charge is 2.57. The van der Waals surface area contributed by atoms with Crippen molar-refractivity contribution in [1.82, 2.24) is 25.1 Å². The fourth-order valence-electron chi connectivity index (χ4n) is 7.10. The minimum absolute atomic E-state index is 0.112. The molecule has 5 rings (SSSR count). The van der Waals surface area contributed by atoms with Crippen LogP contribution < -0.4 is 0 Å². The van der Waals surface area contributed by atoms with Crippen LogP contribution in [-0.2, 0) is 22.4 Å². The molecule has 0 N–H and O–H groups in total. The van der Waals surface area contributed by atoms with Gasteiger partial charge in [0.25, 0.3) is 0 Å². The van der Waals surface area contributed by atoms with Crippen molar-refractivity contribution in [1.29, 1.82) is 0 Å².